The van der Waals surface area contributed by atoms with Gasteiger partial charge in [-0.05, 0) is 37.3 Å². The van der Waals surface area contributed by atoms with Gasteiger partial charge in [-0.25, -0.2) is 4.79 Å². The molecule has 1 heterocycles. The molecule has 0 bridgehead atoms. The summed E-state index contributed by atoms with van der Waals surface area (Å²) in [4.78, 5) is 36.2. The van der Waals surface area contributed by atoms with Crippen molar-refractivity contribution < 1.29 is 18.7 Å². The van der Waals surface area contributed by atoms with Crippen molar-refractivity contribution in [2.24, 2.45) is 0 Å². The molecule has 1 atom stereocenters. The molecule has 0 spiro atoms. The lowest BCUT2D eigenvalue weighted by Gasteiger charge is -2.14. The average molecular weight is 436 g/mol. The fourth-order valence-corrected chi connectivity index (χ4v) is 2.79. The highest BCUT2D eigenvalue weighted by molar-refractivity contribution is 6.36. The van der Waals surface area contributed by atoms with E-state index in [2.05, 4.69) is 10.4 Å². The largest absolute Gasteiger partial charge is 0.451 e. The molecular formula is C19H15Cl2N3O5. The molecule has 0 aliphatic rings. The predicted molar refractivity (Wildman–Crippen MR) is 107 cm³/mol. The van der Waals surface area contributed by atoms with Gasteiger partial charge >= 0.3 is 11.7 Å². The Bertz CT molecular complexity index is 1090. The van der Waals surface area contributed by atoms with Gasteiger partial charge in [0.2, 0.25) is 5.89 Å². The van der Waals surface area contributed by atoms with Crippen molar-refractivity contribution in [1.82, 2.24) is 9.78 Å². The van der Waals surface area contributed by atoms with Crippen LogP contribution in [-0.4, -0.2) is 27.8 Å². The topological polar surface area (TPSA) is 103 Å². The van der Waals surface area contributed by atoms with Crippen molar-refractivity contribution in [1.29, 1.82) is 0 Å². The van der Waals surface area contributed by atoms with Crippen LogP contribution in [0.25, 0.3) is 11.5 Å². The minimum Gasteiger partial charge on any atom is -0.451 e. The summed E-state index contributed by atoms with van der Waals surface area (Å²) in [7, 11) is 0. The van der Waals surface area contributed by atoms with E-state index in [-0.39, 0.29) is 10.9 Å². The van der Waals surface area contributed by atoms with Crippen LogP contribution in [0.2, 0.25) is 10.0 Å². The number of nitrogens with one attached hydrogen (secondary N) is 1. The lowest BCUT2D eigenvalue weighted by Crippen LogP contribution is -2.32. The number of rotatable bonds is 6. The summed E-state index contributed by atoms with van der Waals surface area (Å²) in [5, 5.41) is 7.16. The van der Waals surface area contributed by atoms with Gasteiger partial charge in [0, 0.05) is 10.6 Å². The molecule has 0 fully saturated rings. The maximum atomic E-state index is 12.2. The lowest BCUT2D eigenvalue weighted by atomic mass is 10.2. The van der Waals surface area contributed by atoms with Crippen LogP contribution in [0.15, 0.2) is 57.7 Å². The van der Waals surface area contributed by atoms with Crippen LogP contribution in [0.5, 0.6) is 0 Å². The van der Waals surface area contributed by atoms with Gasteiger partial charge < -0.3 is 14.5 Å². The zero-order valence-corrected chi connectivity index (χ0v) is 16.6. The second-order valence-electron chi connectivity index (χ2n) is 5.94. The number of nitrogens with zero attached hydrogens (tertiary/aromatic N) is 2. The minimum absolute atomic E-state index is 0.0755. The molecule has 3 aromatic rings. The van der Waals surface area contributed by atoms with Gasteiger partial charge in [-0.3, -0.25) is 9.59 Å². The second-order valence-corrected chi connectivity index (χ2v) is 6.79. The van der Waals surface area contributed by atoms with Crippen molar-refractivity contribution in [2.75, 3.05) is 5.32 Å². The summed E-state index contributed by atoms with van der Waals surface area (Å²) in [6, 6.07) is 13.3. The molecular weight excluding hydrogens is 421 g/mol. The first-order valence-corrected chi connectivity index (χ1v) is 9.18. The third-order valence-electron chi connectivity index (χ3n) is 3.77. The number of halogens is 2. The summed E-state index contributed by atoms with van der Waals surface area (Å²) < 4.78 is 10.9. The predicted octanol–water partition coefficient (Wildman–Crippen LogP) is 3.38. The van der Waals surface area contributed by atoms with E-state index in [0.29, 0.717) is 16.3 Å². The molecule has 150 valence electrons. The molecule has 0 saturated heterocycles. The summed E-state index contributed by atoms with van der Waals surface area (Å²) >= 11 is 11.8. The first-order chi connectivity index (χ1) is 13.8. The Hall–Kier alpha value is -3.10. The Morgan fingerprint density at radius 1 is 1.21 bits per heavy atom. The molecule has 3 rings (SSSR count). The number of aromatic nitrogens is 2. The molecule has 10 heteroatoms. The van der Waals surface area contributed by atoms with E-state index < -0.39 is 30.3 Å². The number of hydrogen-bond donors (Lipinski definition) is 1. The van der Waals surface area contributed by atoms with Gasteiger partial charge in [0.1, 0.15) is 6.54 Å². The molecule has 0 aliphatic carbocycles. The third-order valence-corrected chi connectivity index (χ3v) is 4.32. The Kier molecular flexibility index (Phi) is 6.36. The summed E-state index contributed by atoms with van der Waals surface area (Å²) in [6.45, 7) is 0.881. The summed E-state index contributed by atoms with van der Waals surface area (Å²) in [5.41, 5.74) is 0.911. The molecule has 8 nitrogen and oxygen atoms in total. The maximum Gasteiger partial charge on any atom is 0.437 e. The molecule has 2 aromatic carbocycles. The number of carbonyl (C=O) groups is 2. The number of esters is 1. The second kappa shape index (κ2) is 8.93. The van der Waals surface area contributed by atoms with Gasteiger partial charge in [-0.1, -0.05) is 41.4 Å². The van der Waals surface area contributed by atoms with Crippen LogP contribution in [0.4, 0.5) is 5.69 Å². The van der Waals surface area contributed by atoms with Crippen LogP contribution in [-0.2, 0) is 20.9 Å². The normalized spacial score (nSPS) is 11.7. The number of amides is 1. The lowest BCUT2D eigenvalue weighted by molar-refractivity contribution is -0.154. The van der Waals surface area contributed by atoms with E-state index in [9.17, 15) is 14.4 Å². The monoisotopic (exact) mass is 435 g/mol. The van der Waals surface area contributed by atoms with Gasteiger partial charge in [0.25, 0.3) is 5.91 Å². The van der Waals surface area contributed by atoms with Gasteiger partial charge in [-0.15, -0.1) is 5.10 Å². The average Bonchev–Trinajstić information content (AvgIpc) is 3.05. The zero-order chi connectivity index (χ0) is 21.0. The molecule has 0 radical (unpaired) electrons. The maximum absolute atomic E-state index is 12.2. The Morgan fingerprint density at radius 2 is 1.93 bits per heavy atom. The van der Waals surface area contributed by atoms with E-state index in [0.717, 1.165) is 4.68 Å². The number of carbonyl (C=O) groups excluding carboxylic acids is 2. The van der Waals surface area contributed by atoms with Crippen molar-refractivity contribution >= 4 is 40.8 Å². The first kappa shape index (κ1) is 20.6. The molecule has 1 amide bonds. The van der Waals surface area contributed by atoms with E-state index in [1.54, 1.807) is 36.4 Å². The zero-order valence-electron chi connectivity index (χ0n) is 15.1. The van der Waals surface area contributed by atoms with Crippen LogP contribution in [0.1, 0.15) is 6.92 Å². The highest BCUT2D eigenvalue weighted by atomic mass is 35.5. The van der Waals surface area contributed by atoms with Crippen LogP contribution in [0, 0.1) is 0 Å². The number of hydrogen-bond acceptors (Lipinski definition) is 6. The fourth-order valence-electron chi connectivity index (χ4n) is 2.34. The SMILES string of the molecule is CC(OC(=O)Cn1nc(-c2ccccc2)oc1=O)C(=O)Nc1ccc(Cl)cc1Cl. The quantitative estimate of drug-likeness (QED) is 0.595. The number of benzene rings is 2. The van der Waals surface area contributed by atoms with Crippen molar-refractivity contribution in [3.05, 3.63) is 69.1 Å². The minimum atomic E-state index is -1.13. The molecule has 0 aliphatic heterocycles. The van der Waals surface area contributed by atoms with Crippen molar-refractivity contribution in [3.63, 3.8) is 0 Å². The van der Waals surface area contributed by atoms with Gasteiger partial charge in [-0.2, -0.15) is 4.68 Å². The molecule has 1 aromatic heterocycles. The summed E-state index contributed by atoms with van der Waals surface area (Å²) in [5.74, 6) is -2.16. The number of ether oxygens (including phenoxy) is 1. The van der Waals surface area contributed by atoms with E-state index in [1.807, 2.05) is 0 Å². The highest BCUT2D eigenvalue weighted by Crippen LogP contribution is 2.25. The van der Waals surface area contributed by atoms with Crippen molar-refractivity contribution in [3.8, 4) is 11.5 Å². The number of anilines is 1. The fraction of sp³-hybridized carbons (Fsp3) is 0.158. The smallest absolute Gasteiger partial charge is 0.437 e. The molecule has 29 heavy (non-hydrogen) atoms. The molecule has 0 saturated carbocycles. The van der Waals surface area contributed by atoms with Gasteiger partial charge in [0.15, 0.2) is 6.10 Å². The molecule has 1 N–H and O–H groups in total. The Labute approximate surface area is 175 Å². The Balaban J connectivity index is 1.61. The first-order valence-electron chi connectivity index (χ1n) is 8.42. The van der Waals surface area contributed by atoms with Crippen LogP contribution < -0.4 is 11.1 Å². The van der Waals surface area contributed by atoms with E-state index in [4.69, 9.17) is 32.4 Å². The van der Waals surface area contributed by atoms with E-state index in [1.165, 1.54) is 19.1 Å². The van der Waals surface area contributed by atoms with Crippen LogP contribution in [0.3, 0.4) is 0 Å². The standard InChI is InChI=1S/C19H15Cl2N3O5/c1-11(17(26)22-15-8-7-13(20)9-14(15)21)28-16(25)10-24-19(27)29-18(23-24)12-5-3-2-4-6-12/h2-9,11H,10H2,1H3,(H,22,26). The summed E-state index contributed by atoms with van der Waals surface area (Å²) in [6.07, 6.45) is -1.13. The van der Waals surface area contributed by atoms with E-state index >= 15 is 0 Å². The van der Waals surface area contributed by atoms with Crippen molar-refractivity contribution in [2.45, 2.75) is 19.6 Å². The third kappa shape index (κ3) is 5.24. The Morgan fingerprint density at radius 3 is 2.62 bits per heavy atom. The van der Waals surface area contributed by atoms with Crippen LogP contribution >= 0.6 is 23.2 Å². The molecule has 1 unspecified atom stereocenters. The highest BCUT2D eigenvalue weighted by Gasteiger charge is 2.21. The van der Waals surface area contributed by atoms with Gasteiger partial charge in [0.05, 0.1) is 10.7 Å².